The van der Waals surface area contributed by atoms with Gasteiger partial charge in [-0.2, -0.15) is 9.78 Å². The first-order valence-corrected chi connectivity index (χ1v) is 11.7. The fourth-order valence-electron chi connectivity index (χ4n) is 3.53. The predicted molar refractivity (Wildman–Crippen MR) is 139 cm³/mol. The van der Waals surface area contributed by atoms with Crippen LogP contribution in [0.15, 0.2) is 75.0 Å². The highest BCUT2D eigenvalue weighted by Crippen LogP contribution is 2.26. The Morgan fingerprint density at radius 2 is 1.94 bits per heavy atom. The van der Waals surface area contributed by atoms with Crippen molar-refractivity contribution in [3.8, 4) is 5.75 Å². The number of ether oxygens (including phenoxy) is 1. The van der Waals surface area contributed by atoms with Crippen molar-refractivity contribution < 1.29 is 14.1 Å². The van der Waals surface area contributed by atoms with Gasteiger partial charge < -0.3 is 4.74 Å². The SMILES string of the molecule is CC(C)(C)c1nc2ccc(Br)cc2c(=O)n1N=Cc1cc([N+](=O)[O-])ccc1OCc1cccc(F)c1. The average Bonchev–Trinajstić information content (AvgIpc) is 2.82. The van der Waals surface area contributed by atoms with Gasteiger partial charge in [0.05, 0.1) is 22.0 Å². The normalized spacial score (nSPS) is 11.8. The van der Waals surface area contributed by atoms with Crippen molar-refractivity contribution in [3.63, 3.8) is 0 Å². The number of hydrogen-bond donors (Lipinski definition) is 0. The van der Waals surface area contributed by atoms with Crippen LogP contribution in [0.2, 0.25) is 0 Å². The van der Waals surface area contributed by atoms with Gasteiger partial charge in [0.25, 0.3) is 11.2 Å². The molecule has 0 aliphatic rings. The van der Waals surface area contributed by atoms with E-state index in [0.717, 1.165) is 4.47 Å². The lowest BCUT2D eigenvalue weighted by Gasteiger charge is -2.21. The third kappa shape index (κ3) is 5.49. The maximum Gasteiger partial charge on any atom is 0.282 e. The number of benzene rings is 3. The molecule has 3 aromatic carbocycles. The van der Waals surface area contributed by atoms with E-state index in [4.69, 9.17) is 4.74 Å². The highest BCUT2D eigenvalue weighted by Gasteiger charge is 2.23. The molecule has 0 saturated heterocycles. The van der Waals surface area contributed by atoms with Crippen molar-refractivity contribution in [2.24, 2.45) is 5.10 Å². The Morgan fingerprint density at radius 3 is 2.64 bits per heavy atom. The summed E-state index contributed by atoms with van der Waals surface area (Å²) in [6, 6.07) is 15.2. The van der Waals surface area contributed by atoms with Crippen LogP contribution in [-0.2, 0) is 12.0 Å². The van der Waals surface area contributed by atoms with Gasteiger partial charge in [-0.15, -0.1) is 0 Å². The van der Waals surface area contributed by atoms with E-state index in [-0.39, 0.29) is 29.2 Å². The smallest absolute Gasteiger partial charge is 0.282 e. The minimum absolute atomic E-state index is 0.0369. The summed E-state index contributed by atoms with van der Waals surface area (Å²) in [7, 11) is 0. The molecule has 0 amide bonds. The molecule has 0 fully saturated rings. The molecule has 8 nitrogen and oxygen atoms in total. The van der Waals surface area contributed by atoms with E-state index in [1.54, 1.807) is 30.3 Å². The fourth-order valence-corrected chi connectivity index (χ4v) is 3.89. The molecule has 0 unspecified atom stereocenters. The summed E-state index contributed by atoms with van der Waals surface area (Å²) in [5.41, 5.74) is 0.327. The van der Waals surface area contributed by atoms with E-state index in [1.165, 1.54) is 41.2 Å². The van der Waals surface area contributed by atoms with Gasteiger partial charge in [-0.25, -0.2) is 9.37 Å². The van der Waals surface area contributed by atoms with E-state index >= 15 is 0 Å². The third-order valence-electron chi connectivity index (χ3n) is 5.28. The van der Waals surface area contributed by atoms with Gasteiger partial charge in [0.15, 0.2) is 0 Å². The maximum atomic E-state index is 13.5. The van der Waals surface area contributed by atoms with Crippen LogP contribution in [0, 0.1) is 15.9 Å². The van der Waals surface area contributed by atoms with Crippen LogP contribution >= 0.6 is 15.9 Å². The van der Waals surface area contributed by atoms with Gasteiger partial charge in [-0.05, 0) is 42.0 Å². The molecule has 1 heterocycles. The van der Waals surface area contributed by atoms with E-state index in [2.05, 4.69) is 26.0 Å². The Bertz CT molecular complexity index is 1560. The van der Waals surface area contributed by atoms with Crippen molar-refractivity contribution in [2.45, 2.75) is 32.8 Å². The van der Waals surface area contributed by atoms with Crippen LogP contribution < -0.4 is 10.3 Å². The zero-order valence-corrected chi connectivity index (χ0v) is 21.3. The van der Waals surface area contributed by atoms with Gasteiger partial charge in [0, 0.05) is 27.6 Å². The lowest BCUT2D eigenvalue weighted by Crippen LogP contribution is -2.29. The van der Waals surface area contributed by atoms with Gasteiger partial charge >= 0.3 is 0 Å². The lowest BCUT2D eigenvalue weighted by molar-refractivity contribution is -0.384. The number of nitro groups is 1. The molecule has 0 saturated carbocycles. The monoisotopic (exact) mass is 552 g/mol. The van der Waals surface area contributed by atoms with E-state index in [0.29, 0.717) is 22.3 Å². The molecule has 1 aromatic heterocycles. The summed E-state index contributed by atoms with van der Waals surface area (Å²) >= 11 is 3.38. The van der Waals surface area contributed by atoms with Crippen LogP contribution in [0.25, 0.3) is 10.9 Å². The summed E-state index contributed by atoms with van der Waals surface area (Å²) < 4.78 is 21.3. The number of rotatable bonds is 6. The molecule has 10 heteroatoms. The number of aromatic nitrogens is 2. The number of nitrogens with zero attached hydrogens (tertiary/aromatic N) is 4. The molecule has 4 rings (SSSR count). The Hall–Kier alpha value is -3.92. The second-order valence-corrected chi connectivity index (χ2v) is 10.0. The van der Waals surface area contributed by atoms with Crippen LogP contribution in [0.3, 0.4) is 0 Å². The topological polar surface area (TPSA) is 99.6 Å². The van der Waals surface area contributed by atoms with Gasteiger partial charge in [0.2, 0.25) is 0 Å². The molecule has 0 aliphatic carbocycles. The Kier molecular flexibility index (Phi) is 6.98. The molecule has 0 radical (unpaired) electrons. The molecule has 0 atom stereocenters. The first-order valence-electron chi connectivity index (χ1n) is 11.0. The Morgan fingerprint density at radius 1 is 1.17 bits per heavy atom. The van der Waals surface area contributed by atoms with Crippen molar-refractivity contribution in [2.75, 3.05) is 0 Å². The Balaban J connectivity index is 1.80. The predicted octanol–water partition coefficient (Wildman–Crippen LogP) is 5.97. The van der Waals surface area contributed by atoms with E-state index in [9.17, 15) is 19.3 Å². The largest absolute Gasteiger partial charge is 0.488 e. The standard InChI is InChI=1S/C26H22BrFN4O4/c1-26(2,3)25-30-22-9-7-18(27)13-21(22)24(33)31(25)29-14-17-12-20(32(34)35)8-10-23(17)36-15-16-5-4-6-19(28)11-16/h4-14H,15H2,1-3H3. The number of halogens is 2. The van der Waals surface area contributed by atoms with Crippen LogP contribution in [0.5, 0.6) is 5.75 Å². The van der Waals surface area contributed by atoms with E-state index < -0.39 is 16.2 Å². The molecule has 0 spiro atoms. The van der Waals surface area contributed by atoms with Gasteiger partial charge in [-0.1, -0.05) is 48.8 Å². The Labute approximate surface area is 214 Å². The van der Waals surface area contributed by atoms with Crippen molar-refractivity contribution in [3.05, 3.63) is 108 Å². The summed E-state index contributed by atoms with van der Waals surface area (Å²) in [6.45, 7) is 5.76. The number of hydrogen-bond acceptors (Lipinski definition) is 6. The van der Waals surface area contributed by atoms with Crippen LogP contribution in [0.1, 0.15) is 37.7 Å². The molecule has 4 aromatic rings. The van der Waals surface area contributed by atoms with Crippen molar-refractivity contribution in [1.29, 1.82) is 0 Å². The number of non-ortho nitro benzene ring substituents is 1. The molecular formula is C26H22BrFN4O4. The van der Waals surface area contributed by atoms with Crippen LogP contribution in [-0.4, -0.2) is 20.8 Å². The first kappa shape index (κ1) is 25.2. The minimum Gasteiger partial charge on any atom is -0.488 e. The highest BCUT2D eigenvalue weighted by molar-refractivity contribution is 9.10. The summed E-state index contributed by atoms with van der Waals surface area (Å²) in [5.74, 6) is 0.313. The quantitative estimate of drug-likeness (QED) is 0.167. The molecule has 184 valence electrons. The zero-order chi connectivity index (χ0) is 26.0. The molecule has 0 aliphatic heterocycles. The zero-order valence-electron chi connectivity index (χ0n) is 19.7. The molecule has 0 bridgehead atoms. The van der Waals surface area contributed by atoms with E-state index in [1.807, 2.05) is 20.8 Å². The second-order valence-electron chi connectivity index (χ2n) is 9.11. The van der Waals surface area contributed by atoms with Crippen molar-refractivity contribution in [1.82, 2.24) is 9.66 Å². The molecule has 0 N–H and O–H groups in total. The van der Waals surface area contributed by atoms with Crippen LogP contribution in [0.4, 0.5) is 10.1 Å². The van der Waals surface area contributed by atoms with Crippen molar-refractivity contribution >= 4 is 38.7 Å². The number of fused-ring (bicyclic) bond motifs is 1. The minimum atomic E-state index is -0.532. The van der Waals surface area contributed by atoms with Gasteiger partial charge in [0.1, 0.15) is 24.0 Å². The summed E-state index contributed by atoms with van der Waals surface area (Å²) in [5, 5.41) is 16.1. The first-order chi connectivity index (χ1) is 17.0. The van der Waals surface area contributed by atoms with Gasteiger partial charge in [-0.3, -0.25) is 14.9 Å². The lowest BCUT2D eigenvalue weighted by atomic mass is 9.95. The maximum absolute atomic E-state index is 13.5. The number of nitro benzene ring substituents is 1. The third-order valence-corrected chi connectivity index (χ3v) is 5.77. The summed E-state index contributed by atoms with van der Waals surface area (Å²) in [4.78, 5) is 28.9. The summed E-state index contributed by atoms with van der Waals surface area (Å²) in [6.07, 6.45) is 1.33. The fraction of sp³-hybridized carbons (Fsp3) is 0.192. The average molecular weight is 553 g/mol. The second kappa shape index (κ2) is 9.98. The molecular weight excluding hydrogens is 531 g/mol. The molecule has 36 heavy (non-hydrogen) atoms. The highest BCUT2D eigenvalue weighted by atomic mass is 79.9.